The number of amides is 3. The zero-order chi connectivity index (χ0) is 23.5. The molecule has 0 saturated carbocycles. The maximum atomic E-state index is 13.6. The first-order valence-corrected chi connectivity index (χ1v) is 10.9. The Morgan fingerprint density at radius 2 is 1.79 bits per heavy atom. The molecule has 0 N–H and O–H groups in total. The number of benzene rings is 3. The number of imide groups is 1. The molecule has 0 radical (unpaired) electrons. The molecular formula is C26H23ClN2O4. The molecule has 1 heterocycles. The van der Waals surface area contributed by atoms with Crippen LogP contribution in [-0.2, 0) is 16.1 Å². The van der Waals surface area contributed by atoms with Crippen molar-refractivity contribution in [2.75, 3.05) is 12.0 Å². The number of carbonyl (C=O) groups excluding carboxylic acids is 3. The van der Waals surface area contributed by atoms with E-state index in [9.17, 15) is 14.4 Å². The van der Waals surface area contributed by atoms with Crippen LogP contribution in [0.1, 0.15) is 27.9 Å². The summed E-state index contributed by atoms with van der Waals surface area (Å²) in [7, 11) is 1.52. The summed E-state index contributed by atoms with van der Waals surface area (Å²) < 4.78 is 5.25. The van der Waals surface area contributed by atoms with Crippen molar-refractivity contribution in [1.29, 1.82) is 0 Å². The summed E-state index contributed by atoms with van der Waals surface area (Å²) in [6, 6.07) is 20.0. The summed E-state index contributed by atoms with van der Waals surface area (Å²) in [6.45, 7) is 2.01. The molecule has 3 amide bonds. The standard InChI is InChI=1S/C26H23ClN2O4/c1-17-10-12-20(13-11-17)29-24(30)15-23(26(29)32)28(16-19-6-3-4-9-22(19)27)25(31)18-7-5-8-21(14-18)33-2/h3-14,23H,15-16H2,1-2H3. The Balaban J connectivity index is 1.71. The van der Waals surface area contributed by atoms with Crippen molar-refractivity contribution >= 4 is 35.0 Å². The fourth-order valence-corrected chi connectivity index (χ4v) is 4.08. The van der Waals surface area contributed by atoms with E-state index in [1.807, 2.05) is 25.1 Å². The highest BCUT2D eigenvalue weighted by molar-refractivity contribution is 6.31. The molecule has 4 rings (SSSR count). The lowest BCUT2D eigenvalue weighted by molar-refractivity contribution is -0.122. The average Bonchev–Trinajstić information content (AvgIpc) is 3.12. The highest BCUT2D eigenvalue weighted by Crippen LogP contribution is 2.29. The number of halogens is 1. The van der Waals surface area contributed by atoms with E-state index >= 15 is 0 Å². The van der Waals surface area contributed by atoms with Crippen LogP contribution in [0.2, 0.25) is 5.02 Å². The monoisotopic (exact) mass is 462 g/mol. The smallest absolute Gasteiger partial charge is 0.257 e. The minimum atomic E-state index is -0.950. The molecule has 6 nitrogen and oxygen atoms in total. The van der Waals surface area contributed by atoms with Crippen LogP contribution >= 0.6 is 11.6 Å². The van der Waals surface area contributed by atoms with Gasteiger partial charge in [-0.05, 0) is 48.9 Å². The highest BCUT2D eigenvalue weighted by atomic mass is 35.5. The molecule has 0 aliphatic carbocycles. The number of ether oxygens (including phenoxy) is 1. The van der Waals surface area contributed by atoms with Crippen molar-refractivity contribution in [2.24, 2.45) is 0 Å². The Hall–Kier alpha value is -3.64. The van der Waals surface area contributed by atoms with Crippen molar-refractivity contribution < 1.29 is 19.1 Å². The van der Waals surface area contributed by atoms with Gasteiger partial charge in [0.05, 0.1) is 19.2 Å². The number of anilines is 1. The second-order valence-electron chi connectivity index (χ2n) is 7.88. The maximum absolute atomic E-state index is 13.6. The van der Waals surface area contributed by atoms with E-state index < -0.39 is 11.9 Å². The first-order valence-electron chi connectivity index (χ1n) is 10.5. The molecule has 0 spiro atoms. The summed E-state index contributed by atoms with van der Waals surface area (Å²) in [4.78, 5) is 42.5. The predicted molar refractivity (Wildman–Crippen MR) is 126 cm³/mol. The quantitative estimate of drug-likeness (QED) is 0.501. The lowest BCUT2D eigenvalue weighted by Gasteiger charge is -2.28. The zero-order valence-electron chi connectivity index (χ0n) is 18.3. The summed E-state index contributed by atoms with van der Waals surface area (Å²) in [6.07, 6.45) is -0.104. The molecule has 3 aromatic rings. The van der Waals surface area contributed by atoms with Crippen LogP contribution in [-0.4, -0.2) is 35.8 Å². The van der Waals surface area contributed by atoms with E-state index in [4.69, 9.17) is 16.3 Å². The first-order chi connectivity index (χ1) is 15.9. The van der Waals surface area contributed by atoms with Gasteiger partial charge in [-0.3, -0.25) is 14.4 Å². The summed E-state index contributed by atoms with van der Waals surface area (Å²) >= 11 is 6.36. The Bertz CT molecular complexity index is 1210. The topological polar surface area (TPSA) is 66.9 Å². The van der Waals surface area contributed by atoms with Gasteiger partial charge in [0.1, 0.15) is 11.8 Å². The van der Waals surface area contributed by atoms with Gasteiger partial charge in [0.2, 0.25) is 5.91 Å². The van der Waals surface area contributed by atoms with Gasteiger partial charge in [0, 0.05) is 17.1 Å². The third-order valence-electron chi connectivity index (χ3n) is 5.67. The van der Waals surface area contributed by atoms with Gasteiger partial charge in [0.15, 0.2) is 0 Å². The van der Waals surface area contributed by atoms with E-state index in [1.165, 1.54) is 12.0 Å². The van der Waals surface area contributed by atoms with Crippen molar-refractivity contribution in [3.63, 3.8) is 0 Å². The number of nitrogens with zero attached hydrogens (tertiary/aromatic N) is 2. The van der Waals surface area contributed by atoms with E-state index in [1.54, 1.807) is 54.6 Å². The van der Waals surface area contributed by atoms with Crippen molar-refractivity contribution in [3.05, 3.63) is 94.5 Å². The molecule has 168 valence electrons. The van der Waals surface area contributed by atoms with Gasteiger partial charge >= 0.3 is 0 Å². The van der Waals surface area contributed by atoms with Gasteiger partial charge in [-0.15, -0.1) is 0 Å². The Morgan fingerprint density at radius 1 is 1.06 bits per heavy atom. The highest BCUT2D eigenvalue weighted by Gasteiger charge is 2.44. The minimum Gasteiger partial charge on any atom is -0.497 e. The fourth-order valence-electron chi connectivity index (χ4n) is 3.88. The largest absolute Gasteiger partial charge is 0.497 e. The summed E-state index contributed by atoms with van der Waals surface area (Å²) in [5.74, 6) is -0.650. The van der Waals surface area contributed by atoms with Crippen LogP contribution in [0.5, 0.6) is 5.75 Å². The average molecular weight is 463 g/mol. The molecule has 1 aliphatic heterocycles. The number of carbonyl (C=O) groups is 3. The zero-order valence-corrected chi connectivity index (χ0v) is 19.1. The second-order valence-corrected chi connectivity index (χ2v) is 8.29. The fraction of sp³-hybridized carbons (Fsp3) is 0.192. The Morgan fingerprint density at radius 3 is 2.48 bits per heavy atom. The number of rotatable bonds is 6. The van der Waals surface area contributed by atoms with E-state index in [2.05, 4.69) is 0 Å². The molecule has 0 aromatic heterocycles. The molecule has 3 aromatic carbocycles. The van der Waals surface area contributed by atoms with Gasteiger partial charge in [-0.2, -0.15) is 0 Å². The molecule has 7 heteroatoms. The number of aryl methyl sites for hydroxylation is 1. The van der Waals surface area contributed by atoms with Gasteiger partial charge in [-0.1, -0.05) is 53.6 Å². The molecule has 1 fully saturated rings. The summed E-state index contributed by atoms with van der Waals surface area (Å²) in [5, 5.41) is 0.480. The van der Waals surface area contributed by atoms with Crippen molar-refractivity contribution in [2.45, 2.75) is 25.9 Å². The predicted octanol–water partition coefficient (Wildman–Crippen LogP) is 4.63. The Kier molecular flexibility index (Phi) is 6.47. The van der Waals surface area contributed by atoms with Gasteiger partial charge in [0.25, 0.3) is 11.8 Å². The SMILES string of the molecule is COc1cccc(C(=O)N(Cc2ccccc2Cl)C2CC(=O)N(c3ccc(C)cc3)C2=O)c1. The molecule has 1 saturated heterocycles. The third kappa shape index (κ3) is 4.61. The van der Waals surface area contributed by atoms with Crippen LogP contribution in [0.15, 0.2) is 72.8 Å². The van der Waals surface area contributed by atoms with Crippen molar-refractivity contribution in [3.8, 4) is 5.75 Å². The Labute approximate surface area is 197 Å². The molecule has 1 atom stereocenters. The molecule has 1 aliphatic rings. The van der Waals surface area contributed by atoms with Crippen LogP contribution in [0.4, 0.5) is 5.69 Å². The normalized spacial score (nSPS) is 15.6. The van der Waals surface area contributed by atoms with Gasteiger partial charge < -0.3 is 9.64 Å². The molecule has 33 heavy (non-hydrogen) atoms. The molecule has 1 unspecified atom stereocenters. The second kappa shape index (κ2) is 9.46. The van der Waals surface area contributed by atoms with Crippen LogP contribution < -0.4 is 9.64 Å². The van der Waals surface area contributed by atoms with Crippen LogP contribution in [0.3, 0.4) is 0 Å². The maximum Gasteiger partial charge on any atom is 0.257 e. The first kappa shape index (κ1) is 22.6. The van der Waals surface area contributed by atoms with Crippen LogP contribution in [0.25, 0.3) is 0 Å². The van der Waals surface area contributed by atoms with E-state index in [0.29, 0.717) is 27.6 Å². The number of hydrogen-bond acceptors (Lipinski definition) is 4. The minimum absolute atomic E-state index is 0.0845. The summed E-state index contributed by atoms with van der Waals surface area (Å²) in [5.41, 5.74) is 2.55. The number of hydrogen-bond donors (Lipinski definition) is 0. The lowest BCUT2D eigenvalue weighted by Crippen LogP contribution is -2.45. The number of methoxy groups -OCH3 is 1. The van der Waals surface area contributed by atoms with Crippen molar-refractivity contribution in [1.82, 2.24) is 4.90 Å². The van der Waals surface area contributed by atoms with Crippen LogP contribution in [0, 0.1) is 6.92 Å². The molecule has 0 bridgehead atoms. The van der Waals surface area contributed by atoms with Gasteiger partial charge in [-0.25, -0.2) is 4.90 Å². The third-order valence-corrected chi connectivity index (χ3v) is 6.04. The molecular weight excluding hydrogens is 440 g/mol. The van der Waals surface area contributed by atoms with E-state index in [0.717, 1.165) is 10.5 Å². The lowest BCUT2D eigenvalue weighted by atomic mass is 10.1. The van der Waals surface area contributed by atoms with E-state index in [-0.39, 0.29) is 24.8 Å².